The van der Waals surface area contributed by atoms with Crippen molar-refractivity contribution in [2.75, 3.05) is 39.5 Å². The van der Waals surface area contributed by atoms with Crippen LogP contribution < -0.4 is 4.74 Å². The number of nitrogens with zero attached hydrogens (tertiary/aromatic N) is 4. The Morgan fingerprint density at radius 2 is 1.76 bits per heavy atom. The number of ether oxygens (including phenoxy) is 1. The minimum Gasteiger partial charge on any atom is -0.480 e. The number of piperazine rings is 1. The summed E-state index contributed by atoms with van der Waals surface area (Å²) >= 11 is 0. The van der Waals surface area contributed by atoms with Crippen LogP contribution in [0.5, 0.6) is 5.88 Å². The Bertz CT molecular complexity index is 1490. The third kappa shape index (κ3) is 4.11. The second-order valence-electron chi connectivity index (χ2n) is 8.85. The van der Waals surface area contributed by atoms with Crippen molar-refractivity contribution in [1.29, 1.82) is 0 Å². The lowest BCUT2D eigenvalue weighted by atomic mass is 10.0. The molecule has 0 radical (unpaired) electrons. The maximum atomic E-state index is 11.8. The van der Waals surface area contributed by atoms with Gasteiger partial charge in [0.15, 0.2) is 0 Å². The Kier molecular flexibility index (Phi) is 5.71. The highest BCUT2D eigenvalue weighted by Gasteiger charge is 2.24. The molecule has 5 rings (SSSR count). The molecule has 0 bridgehead atoms. The highest BCUT2D eigenvalue weighted by atomic mass is 32.2. The van der Waals surface area contributed by atoms with Gasteiger partial charge in [0.05, 0.1) is 35.7 Å². The lowest BCUT2D eigenvalue weighted by Gasteiger charge is -2.33. The number of hydrogen-bond acceptors (Lipinski definition) is 6. The molecule has 0 atom stereocenters. The van der Waals surface area contributed by atoms with Crippen molar-refractivity contribution in [3.8, 4) is 17.1 Å². The van der Waals surface area contributed by atoms with E-state index >= 15 is 0 Å². The normalized spacial score (nSPS) is 15.9. The predicted molar refractivity (Wildman–Crippen MR) is 133 cm³/mol. The minimum atomic E-state index is -3.15. The topological polar surface area (TPSA) is 87.9 Å². The molecule has 3 heterocycles. The molecule has 0 amide bonds. The van der Waals surface area contributed by atoms with Crippen LogP contribution >= 0.6 is 0 Å². The van der Waals surface area contributed by atoms with E-state index in [2.05, 4.69) is 16.0 Å². The summed E-state index contributed by atoms with van der Waals surface area (Å²) in [5, 5.41) is 12.9. The molecular formula is C25H28N4O4S. The number of benzene rings is 2. The smallest absolute Gasteiger partial charge is 0.223 e. The summed E-state index contributed by atoms with van der Waals surface area (Å²) in [7, 11) is -1.57. The van der Waals surface area contributed by atoms with Crippen LogP contribution in [0.15, 0.2) is 48.5 Å². The Morgan fingerprint density at radius 3 is 2.47 bits per heavy atom. The molecule has 0 spiro atoms. The van der Waals surface area contributed by atoms with Crippen LogP contribution in [0.25, 0.3) is 33.1 Å². The molecule has 8 nitrogen and oxygen atoms in total. The summed E-state index contributed by atoms with van der Waals surface area (Å²) in [6.07, 6.45) is 1.26. The van der Waals surface area contributed by atoms with Gasteiger partial charge in [-0.25, -0.2) is 13.4 Å². The predicted octanol–water partition coefficient (Wildman–Crippen LogP) is 3.49. The summed E-state index contributed by atoms with van der Waals surface area (Å²) in [6, 6.07) is 15.8. The molecule has 1 aliphatic heterocycles. The third-order valence-corrected chi connectivity index (χ3v) is 7.89. The molecule has 1 fully saturated rings. The van der Waals surface area contributed by atoms with Crippen LogP contribution in [0.1, 0.15) is 11.1 Å². The number of aromatic nitrogens is 2. The van der Waals surface area contributed by atoms with Gasteiger partial charge < -0.3 is 9.94 Å². The van der Waals surface area contributed by atoms with Gasteiger partial charge in [-0.2, -0.15) is 9.04 Å². The van der Waals surface area contributed by atoms with Gasteiger partial charge in [-0.1, -0.05) is 18.2 Å². The first kappa shape index (κ1) is 22.6. The number of hydrogen-bond donors (Lipinski definition) is 1. The van der Waals surface area contributed by atoms with E-state index < -0.39 is 10.0 Å². The van der Waals surface area contributed by atoms with Gasteiger partial charge >= 0.3 is 0 Å². The zero-order valence-electron chi connectivity index (χ0n) is 19.5. The number of aryl methyl sites for hydroxylation is 1. The maximum Gasteiger partial charge on any atom is 0.223 e. The summed E-state index contributed by atoms with van der Waals surface area (Å²) < 4.78 is 31.9. The van der Waals surface area contributed by atoms with Gasteiger partial charge in [-0.3, -0.25) is 4.90 Å². The van der Waals surface area contributed by atoms with E-state index in [0.717, 1.165) is 39.5 Å². The molecule has 0 unspecified atom stereocenters. The zero-order valence-corrected chi connectivity index (χ0v) is 20.3. The standard InChI is InChI=1S/C25H28N4O4S/c1-17-12-23-19(13-20(17)16-27-8-10-28(11-9-27)34(3,31)32)15-24(29(23)30)21-14-18-6-4-5-7-22(18)26-25(21)33-2/h4-7,12-15,30H,8-11,16H2,1-3H3. The van der Waals surface area contributed by atoms with E-state index in [-0.39, 0.29) is 0 Å². The van der Waals surface area contributed by atoms with Crippen molar-refractivity contribution < 1.29 is 18.4 Å². The first-order valence-electron chi connectivity index (χ1n) is 11.2. The fraction of sp³-hybridized carbons (Fsp3) is 0.320. The minimum absolute atomic E-state index is 0.456. The van der Waals surface area contributed by atoms with E-state index in [0.29, 0.717) is 43.3 Å². The quantitative estimate of drug-likeness (QED) is 0.440. The Hall–Kier alpha value is -3.14. The average molecular weight is 481 g/mol. The van der Waals surface area contributed by atoms with Crippen molar-refractivity contribution in [3.05, 3.63) is 59.7 Å². The van der Waals surface area contributed by atoms with E-state index in [4.69, 9.17) is 4.74 Å². The van der Waals surface area contributed by atoms with Crippen molar-refractivity contribution in [3.63, 3.8) is 0 Å². The lowest BCUT2D eigenvalue weighted by Crippen LogP contribution is -2.47. The van der Waals surface area contributed by atoms with E-state index in [1.54, 1.807) is 7.11 Å². The molecule has 34 heavy (non-hydrogen) atoms. The lowest BCUT2D eigenvalue weighted by molar-refractivity contribution is 0.182. The van der Waals surface area contributed by atoms with Gasteiger partial charge in [0, 0.05) is 43.5 Å². The van der Waals surface area contributed by atoms with Crippen LogP contribution in [0, 0.1) is 6.92 Å². The SMILES string of the molecule is COc1nc2ccccc2cc1-c1cc2cc(CN3CCN(S(C)(=O)=O)CC3)c(C)cc2n1O. The fourth-order valence-electron chi connectivity index (χ4n) is 4.65. The molecule has 178 valence electrons. The molecule has 2 aromatic carbocycles. The molecule has 1 aliphatic rings. The fourth-order valence-corrected chi connectivity index (χ4v) is 5.48. The molecule has 2 aromatic heterocycles. The third-order valence-electron chi connectivity index (χ3n) is 6.59. The number of methoxy groups -OCH3 is 1. The number of pyridine rings is 1. The summed E-state index contributed by atoms with van der Waals surface area (Å²) in [4.78, 5) is 6.88. The molecule has 1 saturated heterocycles. The van der Waals surface area contributed by atoms with Crippen molar-refractivity contribution in [2.24, 2.45) is 0 Å². The highest BCUT2D eigenvalue weighted by Crippen LogP contribution is 2.35. The van der Waals surface area contributed by atoms with Gasteiger partial charge in [0.1, 0.15) is 0 Å². The number of para-hydroxylation sites is 1. The van der Waals surface area contributed by atoms with E-state index in [1.165, 1.54) is 15.3 Å². The van der Waals surface area contributed by atoms with Crippen LogP contribution in [0.2, 0.25) is 0 Å². The van der Waals surface area contributed by atoms with Gasteiger partial charge in [0.25, 0.3) is 0 Å². The van der Waals surface area contributed by atoms with Gasteiger partial charge in [0.2, 0.25) is 15.9 Å². The average Bonchev–Trinajstić information content (AvgIpc) is 3.13. The van der Waals surface area contributed by atoms with Crippen LogP contribution in [0.3, 0.4) is 0 Å². The van der Waals surface area contributed by atoms with Crippen LogP contribution in [-0.4, -0.2) is 72.1 Å². The summed E-state index contributed by atoms with van der Waals surface area (Å²) in [6.45, 7) is 5.16. The monoisotopic (exact) mass is 480 g/mol. The second kappa shape index (κ2) is 8.57. The molecule has 0 saturated carbocycles. The molecule has 4 aromatic rings. The Labute approximate surface area is 199 Å². The van der Waals surface area contributed by atoms with Crippen LogP contribution in [-0.2, 0) is 16.6 Å². The van der Waals surface area contributed by atoms with Crippen molar-refractivity contribution in [1.82, 2.24) is 18.9 Å². The van der Waals surface area contributed by atoms with Crippen molar-refractivity contribution >= 4 is 31.8 Å². The first-order chi connectivity index (χ1) is 16.2. The van der Waals surface area contributed by atoms with E-state index in [9.17, 15) is 13.6 Å². The summed E-state index contributed by atoms with van der Waals surface area (Å²) in [5.74, 6) is 0.456. The molecule has 9 heteroatoms. The number of rotatable bonds is 5. The van der Waals surface area contributed by atoms with E-state index in [1.807, 2.05) is 49.4 Å². The molecular weight excluding hydrogens is 452 g/mol. The maximum absolute atomic E-state index is 11.8. The number of fused-ring (bicyclic) bond motifs is 2. The summed E-state index contributed by atoms with van der Waals surface area (Å²) in [5.41, 5.74) is 5.10. The zero-order chi connectivity index (χ0) is 24.0. The van der Waals surface area contributed by atoms with Gasteiger partial charge in [-0.15, -0.1) is 0 Å². The number of sulfonamides is 1. The van der Waals surface area contributed by atoms with Crippen molar-refractivity contribution in [2.45, 2.75) is 13.5 Å². The Morgan fingerprint density at radius 1 is 1.03 bits per heavy atom. The van der Waals surface area contributed by atoms with Crippen LogP contribution in [0.4, 0.5) is 0 Å². The highest BCUT2D eigenvalue weighted by molar-refractivity contribution is 7.88. The molecule has 0 aliphatic carbocycles. The first-order valence-corrected chi connectivity index (χ1v) is 13.1. The molecule has 1 N–H and O–H groups in total. The second-order valence-corrected chi connectivity index (χ2v) is 10.8. The largest absolute Gasteiger partial charge is 0.480 e. The van der Waals surface area contributed by atoms with Gasteiger partial charge in [-0.05, 0) is 48.4 Å². The Balaban J connectivity index is 1.48.